The molecule has 0 spiro atoms. The first-order chi connectivity index (χ1) is 10.1. The molecule has 0 saturated heterocycles. The van der Waals surface area contributed by atoms with Gasteiger partial charge in [-0.05, 0) is 50.2 Å². The molecule has 1 aromatic heterocycles. The first-order valence-electron chi connectivity index (χ1n) is 7.50. The molecule has 0 saturated carbocycles. The maximum absolute atomic E-state index is 11.8. The fourth-order valence-corrected chi connectivity index (χ4v) is 3.13. The summed E-state index contributed by atoms with van der Waals surface area (Å²) in [5.74, 6) is 0. The van der Waals surface area contributed by atoms with Gasteiger partial charge in [-0.1, -0.05) is 36.2 Å². The minimum Gasteiger partial charge on any atom is -0.423 e. The standard InChI is InChI=1S/C17H22BrNO2/c1-4-6-9-19(3)15(5-2)13-11-17(20)21-16-8-7-12(18)10-14(13)16/h7-8,10-11,15H,4-6,9H2,1-3H3. The lowest BCUT2D eigenvalue weighted by atomic mass is 9.99. The van der Waals surface area contributed by atoms with E-state index in [4.69, 9.17) is 4.42 Å². The molecule has 0 aliphatic rings. The predicted octanol–water partition coefficient (Wildman–Crippen LogP) is 4.74. The molecule has 2 aromatic rings. The first-order valence-corrected chi connectivity index (χ1v) is 8.29. The van der Waals surface area contributed by atoms with Crippen molar-refractivity contribution < 1.29 is 4.42 Å². The van der Waals surface area contributed by atoms with Crippen LogP contribution < -0.4 is 5.63 Å². The molecule has 3 nitrogen and oxygen atoms in total. The Morgan fingerprint density at radius 1 is 1.29 bits per heavy atom. The number of rotatable bonds is 6. The van der Waals surface area contributed by atoms with Crippen LogP contribution in [0.3, 0.4) is 0 Å². The van der Waals surface area contributed by atoms with Crippen LogP contribution in [0.4, 0.5) is 0 Å². The second kappa shape index (κ2) is 7.23. The van der Waals surface area contributed by atoms with Gasteiger partial charge in [-0.25, -0.2) is 4.79 Å². The summed E-state index contributed by atoms with van der Waals surface area (Å²) in [5.41, 5.74) is 1.44. The monoisotopic (exact) mass is 351 g/mol. The smallest absolute Gasteiger partial charge is 0.336 e. The van der Waals surface area contributed by atoms with Crippen LogP contribution in [-0.2, 0) is 0 Å². The first kappa shape index (κ1) is 16.2. The van der Waals surface area contributed by atoms with E-state index < -0.39 is 0 Å². The van der Waals surface area contributed by atoms with Gasteiger partial charge in [-0.3, -0.25) is 4.90 Å². The van der Waals surface area contributed by atoms with Crippen molar-refractivity contribution in [2.45, 2.75) is 39.2 Å². The van der Waals surface area contributed by atoms with Crippen molar-refractivity contribution in [2.75, 3.05) is 13.6 Å². The Morgan fingerprint density at radius 2 is 2.05 bits per heavy atom. The number of halogens is 1. The fraction of sp³-hybridized carbons (Fsp3) is 0.471. The van der Waals surface area contributed by atoms with E-state index in [-0.39, 0.29) is 11.7 Å². The normalized spacial score (nSPS) is 13.0. The van der Waals surface area contributed by atoms with E-state index >= 15 is 0 Å². The molecule has 1 atom stereocenters. The molecule has 21 heavy (non-hydrogen) atoms. The number of benzene rings is 1. The van der Waals surface area contributed by atoms with Crippen molar-refractivity contribution in [2.24, 2.45) is 0 Å². The van der Waals surface area contributed by atoms with Gasteiger partial charge in [0.25, 0.3) is 0 Å². The van der Waals surface area contributed by atoms with Gasteiger partial charge in [-0.15, -0.1) is 0 Å². The van der Waals surface area contributed by atoms with Crippen LogP contribution in [0, 0.1) is 0 Å². The third kappa shape index (κ3) is 3.74. The molecule has 1 heterocycles. The highest BCUT2D eigenvalue weighted by atomic mass is 79.9. The second-order valence-corrected chi connectivity index (χ2v) is 6.34. The highest BCUT2D eigenvalue weighted by molar-refractivity contribution is 9.10. The molecule has 1 aromatic carbocycles. The quantitative estimate of drug-likeness (QED) is 0.704. The fourth-order valence-electron chi connectivity index (χ4n) is 2.77. The van der Waals surface area contributed by atoms with Gasteiger partial charge in [-0.2, -0.15) is 0 Å². The molecule has 0 aliphatic carbocycles. The minimum absolute atomic E-state index is 0.234. The molecule has 0 bridgehead atoms. The Kier molecular flexibility index (Phi) is 5.59. The van der Waals surface area contributed by atoms with E-state index in [2.05, 4.69) is 41.7 Å². The molecule has 0 fully saturated rings. The molecular formula is C17H22BrNO2. The topological polar surface area (TPSA) is 33.5 Å². The molecule has 4 heteroatoms. The average Bonchev–Trinajstić information content (AvgIpc) is 2.46. The van der Waals surface area contributed by atoms with Crippen LogP contribution in [-0.4, -0.2) is 18.5 Å². The molecule has 1 unspecified atom stereocenters. The van der Waals surface area contributed by atoms with E-state index in [1.54, 1.807) is 6.07 Å². The largest absolute Gasteiger partial charge is 0.423 e. The third-order valence-electron chi connectivity index (χ3n) is 3.88. The Hall–Kier alpha value is -1.13. The third-order valence-corrected chi connectivity index (χ3v) is 4.37. The van der Waals surface area contributed by atoms with Crippen LogP contribution in [0.25, 0.3) is 11.0 Å². The summed E-state index contributed by atoms with van der Waals surface area (Å²) in [6.45, 7) is 5.38. The van der Waals surface area contributed by atoms with Gasteiger partial charge in [0.2, 0.25) is 0 Å². The Bertz CT molecular complexity index is 665. The van der Waals surface area contributed by atoms with Crippen molar-refractivity contribution in [3.63, 3.8) is 0 Å². The van der Waals surface area contributed by atoms with E-state index in [1.807, 2.05) is 18.2 Å². The zero-order valence-electron chi connectivity index (χ0n) is 12.9. The summed E-state index contributed by atoms with van der Waals surface area (Å²) < 4.78 is 6.31. The number of nitrogens with zero attached hydrogens (tertiary/aromatic N) is 1. The minimum atomic E-state index is -0.276. The van der Waals surface area contributed by atoms with Crippen molar-refractivity contribution in [1.82, 2.24) is 4.90 Å². The average molecular weight is 352 g/mol. The van der Waals surface area contributed by atoms with E-state index in [0.717, 1.165) is 34.8 Å². The lowest BCUT2D eigenvalue weighted by Crippen LogP contribution is -2.26. The summed E-state index contributed by atoms with van der Waals surface area (Å²) in [6, 6.07) is 7.66. The number of fused-ring (bicyclic) bond motifs is 1. The van der Waals surface area contributed by atoms with Crippen molar-refractivity contribution in [3.05, 3.63) is 44.7 Å². The van der Waals surface area contributed by atoms with E-state index in [1.165, 1.54) is 6.42 Å². The second-order valence-electron chi connectivity index (χ2n) is 5.42. The molecule has 0 N–H and O–H groups in total. The Balaban J connectivity index is 2.51. The molecule has 0 radical (unpaired) electrons. The van der Waals surface area contributed by atoms with Gasteiger partial charge < -0.3 is 4.42 Å². The van der Waals surface area contributed by atoms with Crippen LogP contribution >= 0.6 is 15.9 Å². The zero-order chi connectivity index (χ0) is 15.4. The van der Waals surface area contributed by atoms with Gasteiger partial charge in [0.15, 0.2) is 0 Å². The number of unbranched alkanes of at least 4 members (excludes halogenated alkanes) is 1. The van der Waals surface area contributed by atoms with Gasteiger partial charge in [0, 0.05) is 22.0 Å². The highest BCUT2D eigenvalue weighted by Gasteiger charge is 2.19. The molecule has 2 rings (SSSR count). The lowest BCUT2D eigenvalue weighted by molar-refractivity contribution is 0.236. The SMILES string of the molecule is CCCCN(C)C(CC)c1cc(=O)oc2ccc(Br)cc12. The maximum atomic E-state index is 11.8. The molecular weight excluding hydrogens is 330 g/mol. The molecule has 0 amide bonds. The predicted molar refractivity (Wildman–Crippen MR) is 90.8 cm³/mol. The summed E-state index contributed by atoms with van der Waals surface area (Å²) in [4.78, 5) is 14.2. The summed E-state index contributed by atoms with van der Waals surface area (Å²) in [6.07, 6.45) is 3.30. The Morgan fingerprint density at radius 3 is 2.71 bits per heavy atom. The van der Waals surface area contributed by atoms with E-state index in [0.29, 0.717) is 5.58 Å². The van der Waals surface area contributed by atoms with E-state index in [9.17, 15) is 4.79 Å². The van der Waals surface area contributed by atoms with Crippen LogP contribution in [0.2, 0.25) is 0 Å². The summed E-state index contributed by atoms with van der Waals surface area (Å²) in [5, 5.41) is 1.01. The van der Waals surface area contributed by atoms with Gasteiger partial charge >= 0.3 is 5.63 Å². The summed E-state index contributed by atoms with van der Waals surface area (Å²) in [7, 11) is 2.13. The number of hydrogen-bond donors (Lipinski definition) is 0. The lowest BCUT2D eigenvalue weighted by Gasteiger charge is -2.28. The zero-order valence-corrected chi connectivity index (χ0v) is 14.4. The summed E-state index contributed by atoms with van der Waals surface area (Å²) >= 11 is 3.50. The van der Waals surface area contributed by atoms with Crippen LogP contribution in [0.1, 0.15) is 44.7 Å². The maximum Gasteiger partial charge on any atom is 0.336 e. The van der Waals surface area contributed by atoms with Crippen LogP contribution in [0.15, 0.2) is 37.9 Å². The highest BCUT2D eigenvalue weighted by Crippen LogP contribution is 2.30. The Labute approximate surface area is 134 Å². The van der Waals surface area contributed by atoms with Gasteiger partial charge in [0.05, 0.1) is 0 Å². The number of hydrogen-bond acceptors (Lipinski definition) is 3. The van der Waals surface area contributed by atoms with Crippen molar-refractivity contribution >= 4 is 26.9 Å². The molecule has 0 aliphatic heterocycles. The van der Waals surface area contributed by atoms with Crippen molar-refractivity contribution in [3.8, 4) is 0 Å². The van der Waals surface area contributed by atoms with Crippen molar-refractivity contribution in [1.29, 1.82) is 0 Å². The van der Waals surface area contributed by atoms with Crippen LogP contribution in [0.5, 0.6) is 0 Å². The molecule has 114 valence electrons. The van der Waals surface area contributed by atoms with Gasteiger partial charge in [0.1, 0.15) is 5.58 Å².